The number of nitrogens with one attached hydrogen (secondary N) is 1. The molecular formula is C17H21N5O3. The second-order valence-electron chi connectivity index (χ2n) is 5.78. The van der Waals surface area contributed by atoms with Gasteiger partial charge in [0.1, 0.15) is 11.8 Å². The van der Waals surface area contributed by atoms with Gasteiger partial charge in [-0.15, -0.1) is 0 Å². The average Bonchev–Trinajstić information content (AvgIpc) is 3.08. The Morgan fingerprint density at radius 2 is 2.24 bits per heavy atom. The number of unbranched alkanes of at least 4 members (excludes halogenated alkanes) is 1. The summed E-state index contributed by atoms with van der Waals surface area (Å²) in [6.07, 6.45) is 1.78. The molecule has 1 atom stereocenters. The van der Waals surface area contributed by atoms with Gasteiger partial charge in [0.25, 0.3) is 0 Å². The van der Waals surface area contributed by atoms with Crippen LogP contribution in [0.3, 0.4) is 0 Å². The topological polar surface area (TPSA) is 91.2 Å². The number of carbonyl (C=O) groups is 1. The van der Waals surface area contributed by atoms with Crippen LogP contribution in [-0.4, -0.2) is 39.9 Å². The first-order valence-electron chi connectivity index (χ1n) is 8.22. The molecule has 0 aliphatic carbocycles. The van der Waals surface area contributed by atoms with Gasteiger partial charge in [-0.25, -0.2) is 4.79 Å². The Kier molecular flexibility index (Phi) is 4.97. The van der Waals surface area contributed by atoms with Gasteiger partial charge < -0.3 is 14.8 Å². The lowest BCUT2D eigenvalue weighted by Gasteiger charge is -2.27. The maximum Gasteiger partial charge on any atom is 0.338 e. The number of aromatic nitrogens is 4. The minimum atomic E-state index is -0.476. The lowest BCUT2D eigenvalue weighted by Crippen LogP contribution is -2.29. The van der Waals surface area contributed by atoms with Gasteiger partial charge in [-0.2, -0.15) is 4.68 Å². The Bertz CT molecular complexity index is 799. The number of ether oxygens (including phenoxy) is 2. The SMILES string of the molecule is CCCCOC(=O)C1=C(C)Nc2nnnn2[C@@H]1c1cccc(OC)c1. The zero-order chi connectivity index (χ0) is 17.8. The van der Waals surface area contributed by atoms with Gasteiger partial charge in [0.2, 0.25) is 5.95 Å². The second-order valence-corrected chi connectivity index (χ2v) is 5.78. The molecule has 1 N–H and O–H groups in total. The van der Waals surface area contributed by atoms with Crippen molar-refractivity contribution in [1.29, 1.82) is 0 Å². The number of esters is 1. The van der Waals surface area contributed by atoms with Crippen molar-refractivity contribution in [2.75, 3.05) is 19.0 Å². The van der Waals surface area contributed by atoms with Crippen LogP contribution in [0.1, 0.15) is 38.3 Å². The smallest absolute Gasteiger partial charge is 0.338 e. The molecule has 0 unspecified atom stereocenters. The van der Waals surface area contributed by atoms with Crippen LogP contribution in [0.25, 0.3) is 0 Å². The molecule has 0 fully saturated rings. The fourth-order valence-electron chi connectivity index (χ4n) is 2.78. The molecule has 0 amide bonds. The minimum Gasteiger partial charge on any atom is -0.497 e. The van der Waals surface area contributed by atoms with Crippen molar-refractivity contribution in [3.05, 3.63) is 41.1 Å². The molecule has 1 aliphatic rings. The molecule has 132 valence electrons. The number of carbonyl (C=O) groups excluding carboxylic acids is 1. The Balaban J connectivity index is 2.02. The van der Waals surface area contributed by atoms with Crippen LogP contribution in [0.5, 0.6) is 5.75 Å². The highest BCUT2D eigenvalue weighted by atomic mass is 16.5. The van der Waals surface area contributed by atoms with Gasteiger partial charge in [0.05, 0.1) is 19.3 Å². The van der Waals surface area contributed by atoms with Gasteiger partial charge in [-0.3, -0.25) is 0 Å². The molecule has 8 heteroatoms. The number of tetrazole rings is 1. The number of fused-ring (bicyclic) bond motifs is 1. The Labute approximate surface area is 145 Å². The van der Waals surface area contributed by atoms with E-state index in [4.69, 9.17) is 9.47 Å². The van der Waals surface area contributed by atoms with E-state index < -0.39 is 6.04 Å². The number of hydrogen-bond acceptors (Lipinski definition) is 7. The molecular weight excluding hydrogens is 322 g/mol. The number of nitrogens with zero attached hydrogens (tertiary/aromatic N) is 4. The molecule has 0 bridgehead atoms. The van der Waals surface area contributed by atoms with E-state index in [2.05, 4.69) is 20.8 Å². The van der Waals surface area contributed by atoms with E-state index in [0.29, 0.717) is 29.6 Å². The third-order valence-electron chi connectivity index (χ3n) is 4.07. The molecule has 0 saturated carbocycles. The first kappa shape index (κ1) is 16.9. The molecule has 1 aliphatic heterocycles. The van der Waals surface area contributed by atoms with Crippen LogP contribution >= 0.6 is 0 Å². The maximum atomic E-state index is 12.7. The van der Waals surface area contributed by atoms with Gasteiger partial charge in [0.15, 0.2) is 0 Å². The predicted octanol–water partition coefficient (Wildman–Crippen LogP) is 2.31. The number of methoxy groups -OCH3 is 1. The summed E-state index contributed by atoms with van der Waals surface area (Å²) in [4.78, 5) is 12.7. The van der Waals surface area contributed by atoms with E-state index in [0.717, 1.165) is 18.4 Å². The van der Waals surface area contributed by atoms with Crippen LogP contribution in [-0.2, 0) is 9.53 Å². The predicted molar refractivity (Wildman–Crippen MR) is 91.1 cm³/mol. The van der Waals surface area contributed by atoms with E-state index in [9.17, 15) is 4.79 Å². The molecule has 0 spiro atoms. The van der Waals surface area contributed by atoms with E-state index in [-0.39, 0.29) is 5.97 Å². The largest absolute Gasteiger partial charge is 0.497 e. The van der Waals surface area contributed by atoms with Crippen LogP contribution in [0.4, 0.5) is 5.95 Å². The lowest BCUT2D eigenvalue weighted by atomic mass is 9.95. The highest BCUT2D eigenvalue weighted by molar-refractivity contribution is 5.92. The molecule has 0 saturated heterocycles. The third kappa shape index (κ3) is 3.33. The van der Waals surface area contributed by atoms with E-state index in [1.807, 2.05) is 38.1 Å². The summed E-state index contributed by atoms with van der Waals surface area (Å²) in [5, 5.41) is 14.8. The van der Waals surface area contributed by atoms with Crippen LogP contribution in [0.15, 0.2) is 35.5 Å². The zero-order valence-corrected chi connectivity index (χ0v) is 14.5. The molecule has 3 rings (SSSR count). The summed E-state index contributed by atoms with van der Waals surface area (Å²) in [6.45, 7) is 4.26. The number of benzene rings is 1. The number of anilines is 1. The first-order chi connectivity index (χ1) is 12.2. The van der Waals surface area contributed by atoms with Crippen molar-refractivity contribution in [2.45, 2.75) is 32.7 Å². The molecule has 8 nitrogen and oxygen atoms in total. The number of allylic oxidation sites excluding steroid dienone is 1. The lowest BCUT2D eigenvalue weighted by molar-refractivity contribution is -0.139. The van der Waals surface area contributed by atoms with Crippen molar-refractivity contribution in [1.82, 2.24) is 20.2 Å². The van der Waals surface area contributed by atoms with Crippen molar-refractivity contribution >= 4 is 11.9 Å². The van der Waals surface area contributed by atoms with Crippen molar-refractivity contribution in [2.24, 2.45) is 0 Å². The summed E-state index contributed by atoms with van der Waals surface area (Å²) in [5.74, 6) is 0.810. The van der Waals surface area contributed by atoms with Crippen molar-refractivity contribution < 1.29 is 14.3 Å². The summed E-state index contributed by atoms with van der Waals surface area (Å²) in [5.41, 5.74) is 2.01. The Hall–Kier alpha value is -2.90. The molecule has 0 radical (unpaired) electrons. The summed E-state index contributed by atoms with van der Waals surface area (Å²) in [6, 6.07) is 7.02. The van der Waals surface area contributed by atoms with E-state index in [1.54, 1.807) is 11.8 Å². The molecule has 25 heavy (non-hydrogen) atoms. The van der Waals surface area contributed by atoms with Crippen LogP contribution in [0, 0.1) is 0 Å². The Morgan fingerprint density at radius 1 is 1.40 bits per heavy atom. The van der Waals surface area contributed by atoms with Gasteiger partial charge in [-0.05, 0) is 41.5 Å². The number of rotatable bonds is 6. The van der Waals surface area contributed by atoms with Crippen LogP contribution in [0.2, 0.25) is 0 Å². The fraction of sp³-hybridized carbons (Fsp3) is 0.412. The fourth-order valence-corrected chi connectivity index (χ4v) is 2.78. The zero-order valence-electron chi connectivity index (χ0n) is 14.5. The van der Waals surface area contributed by atoms with E-state index in [1.165, 1.54) is 0 Å². The average molecular weight is 343 g/mol. The van der Waals surface area contributed by atoms with Gasteiger partial charge in [-0.1, -0.05) is 30.6 Å². The molecule has 2 aromatic rings. The highest BCUT2D eigenvalue weighted by Gasteiger charge is 2.35. The monoisotopic (exact) mass is 343 g/mol. The Morgan fingerprint density at radius 3 is 3.00 bits per heavy atom. The van der Waals surface area contributed by atoms with Gasteiger partial charge in [0, 0.05) is 5.70 Å². The van der Waals surface area contributed by atoms with Crippen molar-refractivity contribution in [3.8, 4) is 5.75 Å². The van der Waals surface area contributed by atoms with Crippen molar-refractivity contribution in [3.63, 3.8) is 0 Å². The first-order valence-corrected chi connectivity index (χ1v) is 8.22. The molecule has 2 heterocycles. The quantitative estimate of drug-likeness (QED) is 0.635. The molecule has 1 aromatic carbocycles. The summed E-state index contributed by atoms with van der Waals surface area (Å²) >= 11 is 0. The van der Waals surface area contributed by atoms with Crippen LogP contribution < -0.4 is 10.1 Å². The third-order valence-corrected chi connectivity index (χ3v) is 4.07. The minimum absolute atomic E-state index is 0.368. The van der Waals surface area contributed by atoms with Gasteiger partial charge >= 0.3 is 5.97 Å². The molecule has 1 aromatic heterocycles. The summed E-state index contributed by atoms with van der Waals surface area (Å²) < 4.78 is 12.3. The second kappa shape index (κ2) is 7.33. The normalized spacial score (nSPS) is 16.2. The maximum absolute atomic E-state index is 12.7. The van der Waals surface area contributed by atoms with E-state index >= 15 is 0 Å². The highest BCUT2D eigenvalue weighted by Crippen LogP contribution is 2.35. The number of hydrogen-bond donors (Lipinski definition) is 1. The standard InChI is InChI=1S/C17H21N5O3/c1-4-5-9-25-16(23)14-11(2)18-17-19-20-21-22(17)15(14)12-7-6-8-13(10-12)24-3/h6-8,10,15H,4-5,9H2,1-3H3,(H,18,19,21)/t15-/m1/s1. The summed E-state index contributed by atoms with van der Waals surface area (Å²) in [7, 11) is 1.60.